The largest absolute Gasteiger partial charge is 0.505 e. The second kappa shape index (κ2) is 7.39. The van der Waals surface area contributed by atoms with E-state index in [0.29, 0.717) is 23.0 Å². The van der Waals surface area contributed by atoms with E-state index in [0.717, 1.165) is 5.56 Å². The Balaban J connectivity index is 2.18. The van der Waals surface area contributed by atoms with E-state index in [-0.39, 0.29) is 23.1 Å². The smallest absolute Gasteiger partial charge is 0.340 e. The number of carboxylic acid groups (broad SMARTS) is 1. The summed E-state index contributed by atoms with van der Waals surface area (Å²) in [6.45, 7) is 8.24. The van der Waals surface area contributed by atoms with Gasteiger partial charge in [0.25, 0.3) is 0 Å². The highest BCUT2D eigenvalue weighted by Crippen LogP contribution is 2.35. The van der Waals surface area contributed by atoms with Crippen molar-refractivity contribution in [1.82, 2.24) is 4.98 Å². The first-order valence-corrected chi connectivity index (χ1v) is 9.24. The SMILES string of the molecule is Cc1ccccc1C(C)Cc1nc2c(C(C)C)cccc2c(C(=O)O)c1O. The average molecular weight is 363 g/mol. The number of fused-ring (bicyclic) bond motifs is 1. The standard InChI is InChI=1S/C23H25NO3/c1-13(2)16-10-7-11-18-20(23(26)27)22(25)19(24-21(16)18)12-15(4)17-9-6-5-8-14(17)3/h5-11,13,15,25H,12H2,1-4H3,(H,26,27). The minimum atomic E-state index is -1.13. The van der Waals surface area contributed by atoms with Crippen molar-refractivity contribution < 1.29 is 15.0 Å². The Morgan fingerprint density at radius 3 is 2.33 bits per heavy atom. The van der Waals surface area contributed by atoms with Gasteiger partial charge in [-0.15, -0.1) is 0 Å². The first kappa shape index (κ1) is 18.9. The van der Waals surface area contributed by atoms with Gasteiger partial charge in [-0.1, -0.05) is 63.2 Å². The quantitative estimate of drug-likeness (QED) is 0.635. The zero-order valence-corrected chi connectivity index (χ0v) is 16.2. The maximum Gasteiger partial charge on any atom is 0.340 e. The number of rotatable bonds is 5. The van der Waals surface area contributed by atoms with E-state index >= 15 is 0 Å². The van der Waals surface area contributed by atoms with Crippen molar-refractivity contribution in [1.29, 1.82) is 0 Å². The van der Waals surface area contributed by atoms with Gasteiger partial charge in [0.15, 0.2) is 5.75 Å². The van der Waals surface area contributed by atoms with Gasteiger partial charge < -0.3 is 10.2 Å². The van der Waals surface area contributed by atoms with Gasteiger partial charge in [0.2, 0.25) is 0 Å². The van der Waals surface area contributed by atoms with Gasteiger partial charge in [0.05, 0.1) is 11.2 Å². The molecular formula is C23H25NO3. The van der Waals surface area contributed by atoms with E-state index in [4.69, 9.17) is 4.98 Å². The third kappa shape index (κ3) is 3.52. The van der Waals surface area contributed by atoms with Crippen LogP contribution < -0.4 is 0 Å². The summed E-state index contributed by atoms with van der Waals surface area (Å²) in [4.78, 5) is 16.6. The molecule has 1 unspecified atom stereocenters. The van der Waals surface area contributed by atoms with Crippen LogP contribution in [-0.2, 0) is 6.42 Å². The summed E-state index contributed by atoms with van der Waals surface area (Å²) in [7, 11) is 0. The van der Waals surface area contributed by atoms with Crippen LogP contribution >= 0.6 is 0 Å². The van der Waals surface area contributed by atoms with Gasteiger partial charge >= 0.3 is 5.97 Å². The van der Waals surface area contributed by atoms with E-state index in [1.54, 1.807) is 6.07 Å². The van der Waals surface area contributed by atoms with Crippen LogP contribution in [0.25, 0.3) is 10.9 Å². The zero-order chi connectivity index (χ0) is 19.7. The number of aromatic hydroxyl groups is 1. The minimum absolute atomic E-state index is 0.0607. The summed E-state index contributed by atoms with van der Waals surface area (Å²) in [5.74, 6) is -1.05. The fraction of sp³-hybridized carbons (Fsp3) is 0.304. The summed E-state index contributed by atoms with van der Waals surface area (Å²) in [5, 5.41) is 20.9. The van der Waals surface area contributed by atoms with Gasteiger partial charge in [0.1, 0.15) is 5.56 Å². The highest BCUT2D eigenvalue weighted by atomic mass is 16.4. The molecule has 0 fully saturated rings. The molecule has 2 aromatic carbocycles. The number of para-hydroxylation sites is 1. The molecule has 1 aromatic heterocycles. The Morgan fingerprint density at radius 1 is 1.04 bits per heavy atom. The number of carboxylic acids is 1. The topological polar surface area (TPSA) is 70.4 Å². The van der Waals surface area contributed by atoms with Crippen molar-refractivity contribution in [2.45, 2.75) is 46.0 Å². The first-order valence-electron chi connectivity index (χ1n) is 9.24. The molecule has 1 heterocycles. The summed E-state index contributed by atoms with van der Waals surface area (Å²) in [5.41, 5.74) is 4.37. The summed E-state index contributed by atoms with van der Waals surface area (Å²) >= 11 is 0. The first-order chi connectivity index (χ1) is 12.8. The van der Waals surface area contributed by atoms with Crippen molar-refractivity contribution in [3.8, 4) is 5.75 Å². The number of nitrogens with zero attached hydrogens (tertiary/aromatic N) is 1. The summed E-state index contributed by atoms with van der Waals surface area (Å²) in [6, 6.07) is 13.6. The monoisotopic (exact) mass is 363 g/mol. The number of aromatic carboxylic acids is 1. The maximum atomic E-state index is 11.9. The molecule has 2 N–H and O–H groups in total. The van der Waals surface area contributed by atoms with Crippen molar-refractivity contribution >= 4 is 16.9 Å². The molecule has 4 heteroatoms. The van der Waals surface area contributed by atoms with Crippen LogP contribution in [0.15, 0.2) is 42.5 Å². The number of carbonyl (C=O) groups is 1. The van der Waals surface area contributed by atoms with Crippen molar-refractivity contribution in [2.75, 3.05) is 0 Å². The van der Waals surface area contributed by atoms with E-state index < -0.39 is 5.97 Å². The van der Waals surface area contributed by atoms with Crippen LogP contribution in [0, 0.1) is 6.92 Å². The highest BCUT2D eigenvalue weighted by Gasteiger charge is 2.23. The van der Waals surface area contributed by atoms with E-state index in [1.165, 1.54) is 11.1 Å². The van der Waals surface area contributed by atoms with Gasteiger partial charge in [-0.3, -0.25) is 0 Å². The minimum Gasteiger partial charge on any atom is -0.505 e. The molecule has 3 aromatic rings. The van der Waals surface area contributed by atoms with Gasteiger partial charge in [0, 0.05) is 11.8 Å². The third-order valence-corrected chi connectivity index (χ3v) is 5.15. The van der Waals surface area contributed by atoms with E-state index in [1.807, 2.05) is 24.3 Å². The van der Waals surface area contributed by atoms with E-state index in [9.17, 15) is 15.0 Å². The lowest BCUT2D eigenvalue weighted by atomic mass is 9.90. The molecule has 140 valence electrons. The lowest BCUT2D eigenvalue weighted by Gasteiger charge is -2.18. The molecule has 0 radical (unpaired) electrons. The normalized spacial score (nSPS) is 12.5. The Kier molecular flexibility index (Phi) is 5.17. The van der Waals surface area contributed by atoms with Crippen LogP contribution in [0.3, 0.4) is 0 Å². The van der Waals surface area contributed by atoms with Crippen molar-refractivity contribution in [3.05, 3.63) is 70.4 Å². The van der Waals surface area contributed by atoms with Gasteiger partial charge in [-0.2, -0.15) is 0 Å². The molecule has 3 rings (SSSR count). The van der Waals surface area contributed by atoms with Crippen LogP contribution in [0.5, 0.6) is 5.75 Å². The molecule has 0 aliphatic carbocycles. The summed E-state index contributed by atoms with van der Waals surface area (Å²) in [6.07, 6.45) is 0.472. The molecule has 0 aliphatic heterocycles. The fourth-order valence-electron chi connectivity index (χ4n) is 3.71. The molecular weight excluding hydrogens is 338 g/mol. The van der Waals surface area contributed by atoms with E-state index in [2.05, 4.69) is 39.8 Å². The molecule has 27 heavy (non-hydrogen) atoms. The number of hydrogen-bond acceptors (Lipinski definition) is 3. The van der Waals surface area contributed by atoms with Gasteiger partial charge in [-0.25, -0.2) is 9.78 Å². The van der Waals surface area contributed by atoms with Crippen LogP contribution in [0.4, 0.5) is 0 Å². The Bertz CT molecular complexity index is 1010. The Hall–Kier alpha value is -2.88. The number of hydrogen-bond donors (Lipinski definition) is 2. The third-order valence-electron chi connectivity index (χ3n) is 5.15. The predicted molar refractivity (Wildman–Crippen MR) is 108 cm³/mol. The van der Waals surface area contributed by atoms with Crippen LogP contribution in [-0.4, -0.2) is 21.2 Å². The summed E-state index contributed by atoms with van der Waals surface area (Å²) < 4.78 is 0. The number of aromatic nitrogens is 1. The highest BCUT2D eigenvalue weighted by molar-refractivity contribution is 6.06. The molecule has 0 saturated heterocycles. The predicted octanol–water partition coefficient (Wildman–Crippen LogP) is 5.42. The number of benzene rings is 2. The Morgan fingerprint density at radius 2 is 1.70 bits per heavy atom. The molecule has 0 amide bonds. The second-order valence-electron chi connectivity index (χ2n) is 7.45. The fourth-order valence-corrected chi connectivity index (χ4v) is 3.71. The Labute approximate surface area is 159 Å². The van der Waals surface area contributed by atoms with Crippen molar-refractivity contribution in [3.63, 3.8) is 0 Å². The molecule has 4 nitrogen and oxygen atoms in total. The van der Waals surface area contributed by atoms with Crippen LogP contribution in [0.2, 0.25) is 0 Å². The molecule has 0 bridgehead atoms. The molecule has 1 atom stereocenters. The maximum absolute atomic E-state index is 11.9. The van der Waals surface area contributed by atoms with Crippen LogP contribution in [0.1, 0.15) is 65.3 Å². The molecule has 0 saturated carbocycles. The lowest BCUT2D eigenvalue weighted by molar-refractivity contribution is 0.0695. The number of aryl methyl sites for hydroxylation is 1. The van der Waals surface area contributed by atoms with Crippen molar-refractivity contribution in [2.24, 2.45) is 0 Å². The number of pyridine rings is 1. The zero-order valence-electron chi connectivity index (χ0n) is 16.2. The molecule has 0 spiro atoms. The lowest BCUT2D eigenvalue weighted by Crippen LogP contribution is -2.08. The van der Waals surface area contributed by atoms with Gasteiger partial charge in [-0.05, 0) is 35.4 Å². The average Bonchev–Trinajstić information content (AvgIpc) is 2.61. The second-order valence-corrected chi connectivity index (χ2v) is 7.45. The molecule has 0 aliphatic rings.